The van der Waals surface area contributed by atoms with Crippen molar-refractivity contribution in [3.8, 4) is 6.07 Å². The molecule has 0 saturated carbocycles. The summed E-state index contributed by atoms with van der Waals surface area (Å²) in [4.78, 5) is 15.7. The molecule has 0 aliphatic rings. The molecule has 21 heavy (non-hydrogen) atoms. The number of aromatic nitrogens is 1. The van der Waals surface area contributed by atoms with Crippen molar-refractivity contribution in [3.63, 3.8) is 0 Å². The summed E-state index contributed by atoms with van der Waals surface area (Å²) in [6.45, 7) is -0.0351. The third kappa shape index (κ3) is 3.69. The van der Waals surface area contributed by atoms with Gasteiger partial charge in [0.15, 0.2) is 0 Å². The number of halogens is 3. The number of rotatable bonds is 3. The average Bonchev–Trinajstić information content (AvgIpc) is 2.48. The van der Waals surface area contributed by atoms with Gasteiger partial charge in [-0.25, -0.2) is 9.37 Å². The van der Waals surface area contributed by atoms with Crippen molar-refractivity contribution in [2.75, 3.05) is 0 Å². The highest BCUT2D eigenvalue weighted by Crippen LogP contribution is 2.18. The minimum Gasteiger partial charge on any atom is -0.348 e. The highest BCUT2D eigenvalue weighted by molar-refractivity contribution is 6.35. The molecular weight excluding hydrogens is 316 g/mol. The molecule has 7 heteroatoms. The molecule has 2 rings (SSSR count). The highest BCUT2D eigenvalue weighted by Gasteiger charge is 2.12. The van der Waals surface area contributed by atoms with E-state index in [0.717, 1.165) is 6.07 Å². The van der Waals surface area contributed by atoms with Crippen LogP contribution in [0.3, 0.4) is 0 Å². The van der Waals surface area contributed by atoms with E-state index in [4.69, 9.17) is 28.5 Å². The molecule has 0 bridgehead atoms. The Kier molecular flexibility index (Phi) is 4.73. The minimum absolute atomic E-state index is 0.0351. The van der Waals surface area contributed by atoms with Gasteiger partial charge in [-0.2, -0.15) is 5.26 Å². The molecule has 1 amide bonds. The lowest BCUT2D eigenvalue weighted by Gasteiger charge is -2.08. The maximum atomic E-state index is 13.7. The fourth-order valence-electron chi connectivity index (χ4n) is 1.62. The number of pyridine rings is 1. The predicted octanol–water partition coefficient (Wildman–Crippen LogP) is 3.33. The second kappa shape index (κ2) is 6.53. The van der Waals surface area contributed by atoms with Crippen LogP contribution in [0, 0.1) is 17.1 Å². The molecule has 0 atom stereocenters. The Morgan fingerprint density at radius 2 is 2.14 bits per heavy atom. The molecule has 0 saturated heterocycles. The van der Waals surface area contributed by atoms with E-state index >= 15 is 0 Å². The van der Waals surface area contributed by atoms with E-state index in [9.17, 15) is 9.18 Å². The van der Waals surface area contributed by atoms with Crippen LogP contribution in [0.5, 0.6) is 0 Å². The van der Waals surface area contributed by atoms with Crippen LogP contribution in [-0.2, 0) is 6.54 Å². The Morgan fingerprint density at radius 1 is 1.38 bits per heavy atom. The van der Waals surface area contributed by atoms with E-state index in [1.54, 1.807) is 0 Å². The maximum absolute atomic E-state index is 13.7. The molecule has 0 radical (unpaired) electrons. The molecule has 1 heterocycles. The average molecular weight is 324 g/mol. The summed E-state index contributed by atoms with van der Waals surface area (Å²) in [7, 11) is 0. The van der Waals surface area contributed by atoms with Gasteiger partial charge >= 0.3 is 0 Å². The van der Waals surface area contributed by atoms with E-state index in [1.165, 1.54) is 24.4 Å². The van der Waals surface area contributed by atoms with Gasteiger partial charge in [-0.3, -0.25) is 4.79 Å². The molecule has 0 fully saturated rings. The summed E-state index contributed by atoms with van der Waals surface area (Å²) in [5.74, 6) is -1.05. The van der Waals surface area contributed by atoms with Crippen molar-refractivity contribution in [2.45, 2.75) is 6.54 Å². The van der Waals surface area contributed by atoms with Crippen LogP contribution in [0.25, 0.3) is 0 Å². The monoisotopic (exact) mass is 323 g/mol. The molecule has 0 unspecified atom stereocenters. The number of benzene rings is 1. The lowest BCUT2D eigenvalue weighted by Crippen LogP contribution is -2.23. The summed E-state index contributed by atoms with van der Waals surface area (Å²) in [5, 5.41) is 11.5. The van der Waals surface area contributed by atoms with Gasteiger partial charge in [-0.05, 0) is 18.2 Å². The van der Waals surface area contributed by atoms with E-state index in [1.807, 2.05) is 6.07 Å². The highest BCUT2D eigenvalue weighted by atomic mass is 35.5. The first kappa shape index (κ1) is 15.2. The van der Waals surface area contributed by atoms with Gasteiger partial charge in [0.2, 0.25) is 0 Å². The Morgan fingerprint density at radius 3 is 2.81 bits per heavy atom. The molecule has 0 aliphatic carbocycles. The van der Waals surface area contributed by atoms with E-state index < -0.39 is 11.7 Å². The largest absolute Gasteiger partial charge is 0.348 e. The van der Waals surface area contributed by atoms with Crippen LogP contribution in [0.1, 0.15) is 21.5 Å². The quantitative estimate of drug-likeness (QED) is 0.881. The summed E-state index contributed by atoms with van der Waals surface area (Å²) in [5.41, 5.74) is 0.635. The number of amides is 1. The number of nitrogens with zero attached hydrogens (tertiary/aromatic N) is 2. The first-order valence-electron chi connectivity index (χ1n) is 5.79. The fourth-order valence-corrected chi connectivity index (χ4v) is 1.97. The summed E-state index contributed by atoms with van der Waals surface area (Å²) in [6.07, 6.45) is 1.26. The van der Waals surface area contributed by atoms with Crippen molar-refractivity contribution >= 4 is 29.1 Å². The molecule has 106 valence electrons. The smallest absolute Gasteiger partial charge is 0.253 e. The maximum Gasteiger partial charge on any atom is 0.253 e. The third-order valence-corrected chi connectivity index (χ3v) is 3.20. The van der Waals surface area contributed by atoms with Gasteiger partial charge in [0.05, 0.1) is 22.2 Å². The zero-order valence-corrected chi connectivity index (χ0v) is 12.0. The van der Waals surface area contributed by atoms with Gasteiger partial charge in [-0.1, -0.05) is 29.3 Å². The van der Waals surface area contributed by atoms with Crippen LogP contribution in [0.15, 0.2) is 30.5 Å². The van der Waals surface area contributed by atoms with Gasteiger partial charge in [-0.15, -0.1) is 0 Å². The zero-order valence-electron chi connectivity index (χ0n) is 10.5. The molecule has 0 spiro atoms. The van der Waals surface area contributed by atoms with Crippen molar-refractivity contribution in [1.29, 1.82) is 5.26 Å². The minimum atomic E-state index is -0.562. The normalized spacial score (nSPS) is 10.0. The van der Waals surface area contributed by atoms with E-state index in [0.29, 0.717) is 0 Å². The topological polar surface area (TPSA) is 65.8 Å². The molecule has 1 aromatic carbocycles. The number of nitriles is 1. The number of nitrogens with one attached hydrogen (secondary N) is 1. The van der Waals surface area contributed by atoms with Crippen LogP contribution in [0.4, 0.5) is 4.39 Å². The van der Waals surface area contributed by atoms with Crippen LogP contribution in [-0.4, -0.2) is 10.9 Å². The summed E-state index contributed by atoms with van der Waals surface area (Å²) >= 11 is 11.5. The van der Waals surface area contributed by atoms with Gasteiger partial charge in [0.25, 0.3) is 5.91 Å². The number of hydrogen-bond acceptors (Lipinski definition) is 3. The Labute approximate surface area is 130 Å². The summed E-state index contributed by atoms with van der Waals surface area (Å²) < 4.78 is 13.7. The number of carbonyl (C=O) groups excluding carboxylic acids is 1. The molecule has 0 aliphatic heterocycles. The molecule has 2 aromatic rings. The van der Waals surface area contributed by atoms with Crippen molar-refractivity contribution in [2.24, 2.45) is 0 Å². The Bertz CT molecular complexity index is 743. The standard InChI is InChI=1S/C14H8Cl2FN3O/c15-11-7-19-13(16)4-10(11)14(21)20-6-9-2-1-8(5-18)3-12(9)17/h1-4,7H,6H2,(H,20,21). The molecular formula is C14H8Cl2FN3O. The van der Waals surface area contributed by atoms with Gasteiger partial charge in [0, 0.05) is 18.3 Å². The molecule has 1 aromatic heterocycles. The second-order valence-corrected chi connectivity index (χ2v) is 4.88. The van der Waals surface area contributed by atoms with Crippen LogP contribution in [0.2, 0.25) is 10.2 Å². The first-order valence-corrected chi connectivity index (χ1v) is 6.54. The Hall–Kier alpha value is -2.16. The van der Waals surface area contributed by atoms with E-state index in [2.05, 4.69) is 10.3 Å². The van der Waals surface area contributed by atoms with Crippen molar-refractivity contribution in [1.82, 2.24) is 10.3 Å². The van der Waals surface area contributed by atoms with Gasteiger partial charge < -0.3 is 5.32 Å². The lowest BCUT2D eigenvalue weighted by molar-refractivity contribution is 0.0950. The zero-order chi connectivity index (χ0) is 15.4. The van der Waals surface area contributed by atoms with Crippen molar-refractivity contribution < 1.29 is 9.18 Å². The number of carbonyl (C=O) groups is 1. The third-order valence-electron chi connectivity index (χ3n) is 2.69. The second-order valence-electron chi connectivity index (χ2n) is 4.09. The summed E-state index contributed by atoms with van der Waals surface area (Å²) in [6, 6.07) is 7.18. The lowest BCUT2D eigenvalue weighted by atomic mass is 10.1. The molecule has 1 N–H and O–H groups in total. The number of hydrogen-bond donors (Lipinski definition) is 1. The fraction of sp³-hybridized carbons (Fsp3) is 0.0714. The first-order chi connectivity index (χ1) is 10.0. The van der Waals surface area contributed by atoms with Gasteiger partial charge in [0.1, 0.15) is 11.0 Å². The van der Waals surface area contributed by atoms with Crippen LogP contribution >= 0.6 is 23.2 Å². The molecule has 4 nitrogen and oxygen atoms in total. The Balaban J connectivity index is 2.11. The van der Waals surface area contributed by atoms with Crippen molar-refractivity contribution in [3.05, 3.63) is 63.1 Å². The SMILES string of the molecule is N#Cc1ccc(CNC(=O)c2cc(Cl)ncc2Cl)c(F)c1. The predicted molar refractivity (Wildman–Crippen MR) is 76.5 cm³/mol. The van der Waals surface area contributed by atoms with Crippen LogP contribution < -0.4 is 5.32 Å². The van der Waals surface area contributed by atoms with E-state index in [-0.39, 0.29) is 33.4 Å².